The van der Waals surface area contributed by atoms with Crippen molar-refractivity contribution in [1.29, 1.82) is 0 Å². The van der Waals surface area contributed by atoms with Gasteiger partial charge in [0.05, 0.1) is 18.1 Å². The molecule has 3 aliphatic heterocycles. The van der Waals surface area contributed by atoms with Gasteiger partial charge in [0, 0.05) is 37.3 Å². The number of carbonyl (C=O) groups is 1. The van der Waals surface area contributed by atoms with E-state index < -0.39 is 10.0 Å². The van der Waals surface area contributed by atoms with Crippen molar-refractivity contribution < 1.29 is 17.9 Å². The van der Waals surface area contributed by atoms with Crippen LogP contribution in [0.3, 0.4) is 0 Å². The number of benzene rings is 1. The van der Waals surface area contributed by atoms with Gasteiger partial charge in [0.25, 0.3) is 0 Å². The molecule has 0 aromatic heterocycles. The minimum atomic E-state index is -3.56. The Morgan fingerprint density at radius 3 is 2.54 bits per heavy atom. The molecule has 0 spiro atoms. The normalized spacial score (nSPS) is 27.8. The summed E-state index contributed by atoms with van der Waals surface area (Å²) in [6.07, 6.45) is 5.02. The molecule has 0 saturated carbocycles. The molecule has 2 unspecified atom stereocenters. The van der Waals surface area contributed by atoms with Crippen molar-refractivity contribution in [3.63, 3.8) is 0 Å². The maximum atomic E-state index is 12.8. The topological polar surface area (TPSA) is 87.7 Å². The summed E-state index contributed by atoms with van der Waals surface area (Å²) in [5, 5.41) is 6.47. The Morgan fingerprint density at radius 2 is 1.86 bits per heavy atom. The van der Waals surface area contributed by atoms with Crippen molar-refractivity contribution in [2.45, 2.75) is 49.1 Å². The lowest BCUT2D eigenvalue weighted by Gasteiger charge is -2.28. The number of ether oxygens (including phenoxy) is 1. The van der Waals surface area contributed by atoms with E-state index in [-0.39, 0.29) is 23.2 Å². The number of fused-ring (bicyclic) bond motifs is 2. The molecule has 7 nitrogen and oxygen atoms in total. The van der Waals surface area contributed by atoms with Crippen molar-refractivity contribution in [2.75, 3.05) is 31.6 Å². The number of nitrogens with zero attached hydrogens (tertiary/aromatic N) is 1. The summed E-state index contributed by atoms with van der Waals surface area (Å²) in [6, 6.07) is 7.66. The summed E-state index contributed by atoms with van der Waals surface area (Å²) in [5.41, 5.74) is 0.534. The van der Waals surface area contributed by atoms with Gasteiger partial charge in [-0.3, -0.25) is 4.79 Å². The third-order valence-corrected chi connectivity index (χ3v) is 7.67. The van der Waals surface area contributed by atoms with Gasteiger partial charge in [0.15, 0.2) is 0 Å². The van der Waals surface area contributed by atoms with Crippen LogP contribution < -0.4 is 10.6 Å². The third kappa shape index (κ3) is 4.86. The Bertz CT molecular complexity index is 786. The molecule has 3 saturated heterocycles. The fraction of sp³-hybridized carbons (Fsp3) is 0.632. The molecule has 0 aliphatic carbocycles. The van der Waals surface area contributed by atoms with E-state index in [9.17, 15) is 13.2 Å². The van der Waals surface area contributed by atoms with Crippen LogP contribution in [-0.4, -0.2) is 57.0 Å². The molecule has 1 aromatic rings. The number of amides is 1. The number of morpholine rings is 1. The SMILES string of the molecule is Cl.O=C(CC1CC2CCC(C1)N2)Nc1cccc(S(=O)(=O)N2CCOCC2)c1. The van der Waals surface area contributed by atoms with Crippen LogP contribution in [0.4, 0.5) is 5.69 Å². The highest BCUT2D eigenvalue weighted by atomic mass is 35.5. The van der Waals surface area contributed by atoms with Crippen LogP contribution in [0.15, 0.2) is 29.2 Å². The van der Waals surface area contributed by atoms with Crippen LogP contribution in [0.5, 0.6) is 0 Å². The molecule has 0 radical (unpaired) electrons. The van der Waals surface area contributed by atoms with E-state index in [4.69, 9.17) is 4.74 Å². The Morgan fingerprint density at radius 1 is 1.18 bits per heavy atom. The van der Waals surface area contributed by atoms with Crippen LogP contribution in [0.25, 0.3) is 0 Å². The molecule has 1 amide bonds. The zero-order valence-corrected chi connectivity index (χ0v) is 17.4. The second kappa shape index (κ2) is 9.09. The molecule has 28 heavy (non-hydrogen) atoms. The zero-order valence-electron chi connectivity index (χ0n) is 15.8. The zero-order chi connectivity index (χ0) is 18.9. The summed E-state index contributed by atoms with van der Waals surface area (Å²) in [5.74, 6) is 0.367. The van der Waals surface area contributed by atoms with Gasteiger partial charge < -0.3 is 15.4 Å². The first-order valence-electron chi connectivity index (χ1n) is 9.74. The highest BCUT2D eigenvalue weighted by molar-refractivity contribution is 7.89. The number of hydrogen-bond donors (Lipinski definition) is 2. The fourth-order valence-electron chi connectivity index (χ4n) is 4.49. The van der Waals surface area contributed by atoms with Crippen molar-refractivity contribution in [1.82, 2.24) is 9.62 Å². The Labute approximate surface area is 172 Å². The first kappa shape index (κ1) is 21.5. The van der Waals surface area contributed by atoms with E-state index >= 15 is 0 Å². The van der Waals surface area contributed by atoms with Gasteiger partial charge in [-0.05, 0) is 49.8 Å². The average molecular weight is 430 g/mol. The van der Waals surface area contributed by atoms with Crippen molar-refractivity contribution in [3.05, 3.63) is 24.3 Å². The summed E-state index contributed by atoms with van der Waals surface area (Å²) in [7, 11) is -3.56. The predicted molar refractivity (Wildman–Crippen MR) is 109 cm³/mol. The minimum absolute atomic E-state index is 0. The molecule has 1 aromatic carbocycles. The predicted octanol–water partition coefficient (Wildman–Crippen LogP) is 1.99. The second-order valence-electron chi connectivity index (χ2n) is 7.77. The van der Waals surface area contributed by atoms with Gasteiger partial charge in [-0.15, -0.1) is 12.4 Å². The molecule has 4 rings (SSSR count). The number of anilines is 1. The van der Waals surface area contributed by atoms with Gasteiger partial charge in [-0.2, -0.15) is 4.31 Å². The first-order chi connectivity index (χ1) is 13.0. The summed E-state index contributed by atoms with van der Waals surface area (Å²) in [4.78, 5) is 12.7. The first-order valence-corrected chi connectivity index (χ1v) is 11.2. The molecule has 2 N–H and O–H groups in total. The van der Waals surface area contributed by atoms with E-state index in [0.29, 0.717) is 56.4 Å². The van der Waals surface area contributed by atoms with Gasteiger partial charge in [0.1, 0.15) is 0 Å². The number of nitrogens with one attached hydrogen (secondary N) is 2. The summed E-state index contributed by atoms with van der Waals surface area (Å²) < 4.78 is 32.2. The summed E-state index contributed by atoms with van der Waals surface area (Å²) >= 11 is 0. The molecule has 3 aliphatic rings. The average Bonchev–Trinajstić information content (AvgIpc) is 3.01. The maximum absolute atomic E-state index is 12.8. The number of rotatable bonds is 5. The van der Waals surface area contributed by atoms with Crippen molar-refractivity contribution in [3.8, 4) is 0 Å². The largest absolute Gasteiger partial charge is 0.379 e. The van der Waals surface area contributed by atoms with Crippen LogP contribution in [0.2, 0.25) is 0 Å². The van der Waals surface area contributed by atoms with Crippen molar-refractivity contribution >= 4 is 34.0 Å². The Balaban J connectivity index is 0.00000225. The molecule has 3 heterocycles. The molecule has 2 bridgehead atoms. The highest BCUT2D eigenvalue weighted by Crippen LogP contribution is 2.33. The lowest BCUT2D eigenvalue weighted by atomic mass is 9.89. The molecule has 156 valence electrons. The molecular weight excluding hydrogens is 402 g/mol. The molecular formula is C19H28ClN3O4S. The number of carbonyl (C=O) groups excluding carboxylic acids is 1. The van der Waals surface area contributed by atoms with Gasteiger partial charge in [-0.1, -0.05) is 6.07 Å². The third-order valence-electron chi connectivity index (χ3n) is 5.77. The van der Waals surface area contributed by atoms with Gasteiger partial charge in [0.2, 0.25) is 15.9 Å². The van der Waals surface area contributed by atoms with Gasteiger partial charge in [-0.25, -0.2) is 8.42 Å². The van der Waals surface area contributed by atoms with E-state index in [0.717, 1.165) is 12.8 Å². The Kier molecular flexibility index (Phi) is 6.98. The summed E-state index contributed by atoms with van der Waals surface area (Å²) in [6.45, 7) is 1.54. The van der Waals surface area contributed by atoms with E-state index in [1.54, 1.807) is 24.3 Å². The molecule has 3 fully saturated rings. The monoisotopic (exact) mass is 429 g/mol. The lowest BCUT2D eigenvalue weighted by molar-refractivity contribution is -0.117. The van der Waals surface area contributed by atoms with Crippen LogP contribution in [0, 0.1) is 5.92 Å². The smallest absolute Gasteiger partial charge is 0.243 e. The van der Waals surface area contributed by atoms with E-state index in [2.05, 4.69) is 10.6 Å². The maximum Gasteiger partial charge on any atom is 0.243 e. The number of hydrogen-bond acceptors (Lipinski definition) is 5. The highest BCUT2D eigenvalue weighted by Gasteiger charge is 2.34. The second-order valence-corrected chi connectivity index (χ2v) is 9.71. The number of sulfonamides is 1. The van der Waals surface area contributed by atoms with Crippen LogP contribution in [-0.2, 0) is 19.6 Å². The fourth-order valence-corrected chi connectivity index (χ4v) is 5.94. The number of halogens is 1. The lowest BCUT2D eigenvalue weighted by Crippen LogP contribution is -2.40. The molecule has 2 atom stereocenters. The molecule has 9 heteroatoms. The minimum Gasteiger partial charge on any atom is -0.379 e. The van der Waals surface area contributed by atoms with Gasteiger partial charge >= 0.3 is 0 Å². The standard InChI is InChI=1S/C19H27N3O4S.ClH/c23-19(12-14-10-16-4-5-17(11-14)20-16)21-15-2-1-3-18(13-15)27(24,25)22-6-8-26-9-7-22;/h1-3,13-14,16-17,20H,4-12H2,(H,21,23);1H. The van der Waals surface area contributed by atoms with Crippen molar-refractivity contribution in [2.24, 2.45) is 5.92 Å². The van der Waals surface area contributed by atoms with Crippen LogP contribution >= 0.6 is 12.4 Å². The van der Waals surface area contributed by atoms with E-state index in [1.165, 1.54) is 17.1 Å². The Hall–Kier alpha value is -1.19. The van der Waals surface area contributed by atoms with E-state index in [1.807, 2.05) is 0 Å². The quantitative estimate of drug-likeness (QED) is 0.747. The van der Waals surface area contributed by atoms with Crippen LogP contribution in [0.1, 0.15) is 32.1 Å². The number of piperidine rings is 1.